The number of hydrogen-bond donors (Lipinski definition) is 1. The number of esters is 1. The number of carbonyl (C=O) groups excluding carboxylic acids is 2. The number of nitrogens with one attached hydrogen (secondary N) is 1. The Morgan fingerprint density at radius 2 is 1.94 bits per heavy atom. The number of aromatic nitrogens is 4. The van der Waals surface area contributed by atoms with Crippen molar-refractivity contribution in [2.75, 3.05) is 17.7 Å². The maximum Gasteiger partial charge on any atom is 0.350 e. The molecule has 1 aromatic carbocycles. The highest BCUT2D eigenvalue weighted by Crippen LogP contribution is 2.26. The topological polar surface area (TPSA) is 99.0 Å². The molecule has 0 bridgehead atoms. The fourth-order valence-corrected chi connectivity index (χ4v) is 5.34. The predicted molar refractivity (Wildman–Crippen MR) is 142 cm³/mol. The molecule has 1 N–H and O–H groups in total. The highest BCUT2D eigenvalue weighted by atomic mass is 32.2. The second-order valence-electron chi connectivity index (χ2n) is 8.16. The minimum atomic E-state index is -0.419. The molecule has 0 saturated heterocycles. The van der Waals surface area contributed by atoms with Crippen LogP contribution in [0.25, 0.3) is 0 Å². The predicted octanol–water partition coefficient (Wildman–Crippen LogP) is 5.37. The van der Waals surface area contributed by atoms with Gasteiger partial charge in [0.25, 0.3) is 0 Å². The SMILES string of the molecule is C=CCn1c(CSc2ccc(C)cc2)nnc1SCC(=O)Nc1nc(C)c(C(=O)OCC(C)C)s1. The summed E-state index contributed by atoms with van der Waals surface area (Å²) < 4.78 is 7.23. The van der Waals surface area contributed by atoms with Gasteiger partial charge in [-0.2, -0.15) is 0 Å². The Balaban J connectivity index is 1.57. The molecule has 0 fully saturated rings. The lowest BCUT2D eigenvalue weighted by molar-refractivity contribution is -0.113. The van der Waals surface area contributed by atoms with Crippen LogP contribution in [0.3, 0.4) is 0 Å². The lowest BCUT2D eigenvalue weighted by atomic mass is 10.2. The Morgan fingerprint density at radius 3 is 2.63 bits per heavy atom. The standard InChI is InChI=1S/C24H29N5O3S3/c1-6-11-29-19(13-33-18-9-7-16(4)8-10-18)27-28-24(29)34-14-20(30)26-23-25-17(5)21(35-23)22(31)32-12-15(2)3/h6-10,15H,1,11-14H2,2-5H3,(H,25,26,30). The van der Waals surface area contributed by atoms with Crippen molar-refractivity contribution in [1.29, 1.82) is 0 Å². The Hall–Kier alpha value is -2.63. The van der Waals surface area contributed by atoms with Gasteiger partial charge in [-0.3, -0.25) is 4.79 Å². The molecular weight excluding hydrogens is 502 g/mol. The molecule has 11 heteroatoms. The number of aryl methyl sites for hydroxylation is 2. The van der Waals surface area contributed by atoms with Crippen molar-refractivity contribution >= 4 is 51.9 Å². The summed E-state index contributed by atoms with van der Waals surface area (Å²) in [6.45, 7) is 12.4. The number of amides is 1. The second-order valence-corrected chi connectivity index (χ2v) is 11.2. The first-order valence-corrected chi connectivity index (χ1v) is 13.8. The maximum absolute atomic E-state index is 12.5. The number of ether oxygens (including phenoxy) is 1. The number of rotatable bonds is 12. The molecule has 0 aliphatic rings. The van der Waals surface area contributed by atoms with Gasteiger partial charge in [0.15, 0.2) is 10.3 Å². The summed E-state index contributed by atoms with van der Waals surface area (Å²) in [5.41, 5.74) is 1.75. The first-order chi connectivity index (χ1) is 16.8. The molecule has 0 aliphatic heterocycles. The third kappa shape index (κ3) is 7.94. The average Bonchev–Trinajstić information content (AvgIpc) is 3.38. The van der Waals surface area contributed by atoms with Gasteiger partial charge in [0.2, 0.25) is 5.91 Å². The van der Waals surface area contributed by atoms with Gasteiger partial charge in [-0.1, -0.05) is 60.7 Å². The third-order valence-electron chi connectivity index (χ3n) is 4.60. The number of nitrogens with zero attached hydrogens (tertiary/aromatic N) is 4. The molecule has 3 rings (SSSR count). The van der Waals surface area contributed by atoms with Gasteiger partial charge < -0.3 is 14.6 Å². The summed E-state index contributed by atoms with van der Waals surface area (Å²) >= 11 is 4.09. The maximum atomic E-state index is 12.5. The van der Waals surface area contributed by atoms with Gasteiger partial charge in [-0.05, 0) is 31.9 Å². The summed E-state index contributed by atoms with van der Waals surface area (Å²) in [6.07, 6.45) is 1.78. The van der Waals surface area contributed by atoms with E-state index >= 15 is 0 Å². The van der Waals surface area contributed by atoms with Crippen molar-refractivity contribution in [2.45, 2.75) is 50.0 Å². The van der Waals surface area contributed by atoms with Gasteiger partial charge in [0.1, 0.15) is 10.7 Å². The molecule has 186 valence electrons. The van der Waals surface area contributed by atoms with E-state index < -0.39 is 5.97 Å². The summed E-state index contributed by atoms with van der Waals surface area (Å²) in [4.78, 5) is 30.6. The molecule has 0 atom stereocenters. The van der Waals surface area contributed by atoms with E-state index in [2.05, 4.69) is 58.3 Å². The van der Waals surface area contributed by atoms with Gasteiger partial charge in [0.05, 0.1) is 23.8 Å². The van der Waals surface area contributed by atoms with Crippen LogP contribution >= 0.6 is 34.9 Å². The fraction of sp³-hybridized carbons (Fsp3) is 0.375. The highest BCUT2D eigenvalue weighted by molar-refractivity contribution is 7.99. The lowest BCUT2D eigenvalue weighted by Crippen LogP contribution is -2.14. The first kappa shape index (κ1) is 27.0. The number of hydrogen-bond acceptors (Lipinski definition) is 9. The molecule has 0 aliphatic carbocycles. The molecule has 1 amide bonds. The largest absolute Gasteiger partial charge is 0.461 e. The lowest BCUT2D eigenvalue weighted by Gasteiger charge is -2.08. The molecule has 0 radical (unpaired) electrons. The number of thiazole rings is 1. The van der Waals surface area contributed by atoms with E-state index in [-0.39, 0.29) is 17.6 Å². The quantitative estimate of drug-likeness (QED) is 0.189. The van der Waals surface area contributed by atoms with E-state index in [0.717, 1.165) is 22.1 Å². The number of benzene rings is 1. The molecule has 2 heterocycles. The zero-order valence-corrected chi connectivity index (χ0v) is 22.7. The normalized spacial score (nSPS) is 11.0. The van der Waals surface area contributed by atoms with E-state index in [1.807, 2.05) is 18.4 Å². The number of carbonyl (C=O) groups is 2. The molecule has 0 saturated carbocycles. The van der Waals surface area contributed by atoms with Crippen LogP contribution in [0, 0.1) is 19.8 Å². The molecule has 0 spiro atoms. The first-order valence-electron chi connectivity index (χ1n) is 11.1. The summed E-state index contributed by atoms with van der Waals surface area (Å²) in [6, 6.07) is 8.34. The van der Waals surface area contributed by atoms with Crippen LogP contribution in [0.2, 0.25) is 0 Å². The van der Waals surface area contributed by atoms with E-state index in [4.69, 9.17) is 4.74 Å². The van der Waals surface area contributed by atoms with Crippen LogP contribution in [-0.4, -0.2) is 44.0 Å². The molecule has 0 unspecified atom stereocenters. The minimum absolute atomic E-state index is 0.131. The van der Waals surface area contributed by atoms with E-state index in [1.165, 1.54) is 17.3 Å². The highest BCUT2D eigenvalue weighted by Gasteiger charge is 2.19. The molecule has 2 aromatic heterocycles. The summed E-state index contributed by atoms with van der Waals surface area (Å²) in [7, 11) is 0. The monoisotopic (exact) mass is 531 g/mol. The van der Waals surface area contributed by atoms with Crippen LogP contribution in [0.5, 0.6) is 0 Å². The van der Waals surface area contributed by atoms with Gasteiger partial charge in [0, 0.05) is 11.4 Å². The van der Waals surface area contributed by atoms with Gasteiger partial charge >= 0.3 is 5.97 Å². The van der Waals surface area contributed by atoms with Gasteiger partial charge in [-0.25, -0.2) is 9.78 Å². The molecular formula is C24H29N5O3S3. The van der Waals surface area contributed by atoms with Crippen LogP contribution in [0.15, 0.2) is 47.0 Å². The van der Waals surface area contributed by atoms with Crippen molar-refractivity contribution in [2.24, 2.45) is 5.92 Å². The third-order valence-corrected chi connectivity index (χ3v) is 7.63. The fourth-order valence-electron chi connectivity index (χ4n) is 2.86. The number of thioether (sulfide) groups is 2. The Morgan fingerprint density at radius 1 is 1.20 bits per heavy atom. The average molecular weight is 532 g/mol. The summed E-state index contributed by atoms with van der Waals surface area (Å²) in [5.74, 6) is 1.19. The van der Waals surface area contributed by atoms with Crippen molar-refractivity contribution in [3.05, 3.63) is 58.9 Å². The molecule has 3 aromatic rings. The Labute approximate surface area is 218 Å². The van der Waals surface area contributed by atoms with Crippen LogP contribution in [0.4, 0.5) is 5.13 Å². The van der Waals surface area contributed by atoms with E-state index in [1.54, 1.807) is 24.8 Å². The van der Waals surface area contributed by atoms with Crippen molar-refractivity contribution < 1.29 is 14.3 Å². The number of allylic oxidation sites excluding steroid dienone is 1. The second kappa shape index (κ2) is 12.9. The zero-order valence-electron chi connectivity index (χ0n) is 20.2. The molecule has 8 nitrogen and oxygen atoms in total. The Kier molecular flexibility index (Phi) is 9.93. The van der Waals surface area contributed by atoms with Gasteiger partial charge in [-0.15, -0.1) is 28.5 Å². The van der Waals surface area contributed by atoms with Crippen LogP contribution < -0.4 is 5.32 Å². The van der Waals surface area contributed by atoms with E-state index in [9.17, 15) is 9.59 Å². The zero-order chi connectivity index (χ0) is 25.4. The van der Waals surface area contributed by atoms with Crippen LogP contribution in [0.1, 0.15) is 40.6 Å². The van der Waals surface area contributed by atoms with Crippen LogP contribution in [-0.2, 0) is 21.8 Å². The molecule has 35 heavy (non-hydrogen) atoms. The minimum Gasteiger partial charge on any atom is -0.461 e. The summed E-state index contributed by atoms with van der Waals surface area (Å²) in [5, 5.41) is 12.4. The van der Waals surface area contributed by atoms with Crippen molar-refractivity contribution in [1.82, 2.24) is 19.7 Å². The number of anilines is 1. The smallest absolute Gasteiger partial charge is 0.350 e. The Bertz CT molecular complexity index is 1170. The van der Waals surface area contributed by atoms with Crippen molar-refractivity contribution in [3.63, 3.8) is 0 Å². The van der Waals surface area contributed by atoms with E-state index in [0.29, 0.717) is 39.8 Å². The van der Waals surface area contributed by atoms with Crippen molar-refractivity contribution in [3.8, 4) is 0 Å².